The number of hydrogen-bond donors (Lipinski definition) is 3. The summed E-state index contributed by atoms with van der Waals surface area (Å²) in [6.07, 6.45) is 0. The second-order valence-corrected chi connectivity index (χ2v) is 6.82. The molecule has 0 fully saturated rings. The van der Waals surface area contributed by atoms with Crippen molar-refractivity contribution in [2.75, 3.05) is 13.1 Å². The Morgan fingerprint density at radius 1 is 1.31 bits per heavy atom. The van der Waals surface area contributed by atoms with E-state index in [0.29, 0.717) is 24.8 Å². The molecular weight excluding hydrogens is 516 g/mol. The Labute approximate surface area is 178 Å². The lowest BCUT2D eigenvalue weighted by atomic mass is 10.0. The highest BCUT2D eigenvalue weighted by molar-refractivity contribution is 14.0. The van der Waals surface area contributed by atoms with Gasteiger partial charge in [-0.2, -0.15) is 0 Å². The molecule has 1 aromatic carbocycles. The van der Waals surface area contributed by atoms with E-state index in [0.717, 1.165) is 15.8 Å². The molecule has 0 aliphatic heterocycles. The summed E-state index contributed by atoms with van der Waals surface area (Å²) in [4.78, 5) is 4.44. The minimum Gasteiger partial charge on any atom is -0.463 e. The fourth-order valence-corrected chi connectivity index (χ4v) is 2.61. The number of aliphatic imine (C=N–C) groups is 1. The van der Waals surface area contributed by atoms with Crippen LogP contribution in [0.25, 0.3) is 0 Å². The zero-order chi connectivity index (χ0) is 18.4. The van der Waals surface area contributed by atoms with Gasteiger partial charge in [0.05, 0.1) is 13.1 Å². The van der Waals surface area contributed by atoms with E-state index in [9.17, 15) is 9.50 Å². The standard InChI is InChI=1S/C18H23BrFN3O2.HI/c1-4-21-17(22-10-13-9-14(20)6-7-15(13)19)23-11-18(3,24)16-8-5-12(2)25-16;/h5-9,24H,4,10-11H2,1-3H3,(H2,21,22,23);1H. The number of halogens is 3. The number of nitrogens with zero attached hydrogens (tertiary/aromatic N) is 1. The van der Waals surface area contributed by atoms with E-state index >= 15 is 0 Å². The van der Waals surface area contributed by atoms with Crippen LogP contribution in [0.5, 0.6) is 0 Å². The number of guanidine groups is 1. The largest absolute Gasteiger partial charge is 0.463 e. The summed E-state index contributed by atoms with van der Waals surface area (Å²) in [5.41, 5.74) is -0.435. The van der Waals surface area contributed by atoms with Crippen LogP contribution in [0.15, 0.2) is 44.2 Å². The molecule has 1 heterocycles. The van der Waals surface area contributed by atoms with E-state index in [-0.39, 0.29) is 36.3 Å². The highest BCUT2D eigenvalue weighted by Crippen LogP contribution is 2.22. The van der Waals surface area contributed by atoms with E-state index in [2.05, 4.69) is 31.6 Å². The molecule has 2 rings (SSSR count). The Morgan fingerprint density at radius 2 is 2.04 bits per heavy atom. The molecular formula is C18H24BrFIN3O2. The molecule has 0 saturated heterocycles. The average Bonchev–Trinajstić information content (AvgIpc) is 3.00. The van der Waals surface area contributed by atoms with Crippen molar-refractivity contribution in [3.63, 3.8) is 0 Å². The highest BCUT2D eigenvalue weighted by atomic mass is 127. The fraction of sp³-hybridized carbons (Fsp3) is 0.389. The van der Waals surface area contributed by atoms with Crippen LogP contribution in [0.1, 0.15) is 30.9 Å². The minimum atomic E-state index is -1.18. The van der Waals surface area contributed by atoms with Crippen LogP contribution in [0.3, 0.4) is 0 Å². The van der Waals surface area contributed by atoms with Crippen molar-refractivity contribution in [2.24, 2.45) is 4.99 Å². The minimum absolute atomic E-state index is 0. The summed E-state index contributed by atoms with van der Waals surface area (Å²) in [5, 5.41) is 16.8. The van der Waals surface area contributed by atoms with E-state index < -0.39 is 5.60 Å². The predicted octanol–water partition coefficient (Wildman–Crippen LogP) is 4.07. The molecule has 2 aromatic rings. The molecule has 144 valence electrons. The van der Waals surface area contributed by atoms with Gasteiger partial charge in [-0.05, 0) is 56.7 Å². The molecule has 5 nitrogen and oxygen atoms in total. The van der Waals surface area contributed by atoms with Crippen molar-refractivity contribution in [2.45, 2.75) is 32.9 Å². The van der Waals surface area contributed by atoms with Crippen LogP contribution < -0.4 is 10.6 Å². The first-order valence-corrected chi connectivity index (χ1v) is 8.86. The molecule has 0 bridgehead atoms. The molecule has 1 aromatic heterocycles. The maximum Gasteiger partial charge on any atom is 0.191 e. The van der Waals surface area contributed by atoms with Gasteiger partial charge in [0.15, 0.2) is 5.96 Å². The predicted molar refractivity (Wildman–Crippen MR) is 115 cm³/mol. The Morgan fingerprint density at radius 3 is 2.65 bits per heavy atom. The number of furan rings is 1. The van der Waals surface area contributed by atoms with Gasteiger partial charge < -0.3 is 20.2 Å². The molecule has 26 heavy (non-hydrogen) atoms. The highest BCUT2D eigenvalue weighted by Gasteiger charge is 2.27. The molecule has 1 unspecified atom stereocenters. The second-order valence-electron chi connectivity index (χ2n) is 5.97. The molecule has 0 amide bonds. The van der Waals surface area contributed by atoms with Crippen LogP contribution in [-0.2, 0) is 12.1 Å². The maximum atomic E-state index is 13.4. The molecule has 0 saturated carbocycles. The molecule has 8 heteroatoms. The van der Waals surface area contributed by atoms with Crippen LogP contribution in [0.4, 0.5) is 4.39 Å². The molecule has 1 atom stereocenters. The van der Waals surface area contributed by atoms with Gasteiger partial charge in [-0.1, -0.05) is 15.9 Å². The zero-order valence-electron chi connectivity index (χ0n) is 15.0. The SMILES string of the molecule is CCNC(=NCc1cc(F)ccc1Br)NCC(C)(O)c1ccc(C)o1.I. The monoisotopic (exact) mass is 539 g/mol. The molecule has 0 aliphatic carbocycles. The first-order chi connectivity index (χ1) is 11.8. The maximum absolute atomic E-state index is 13.4. The Kier molecular flexibility index (Phi) is 9.05. The van der Waals surface area contributed by atoms with Gasteiger partial charge in [0.2, 0.25) is 0 Å². The molecule has 0 spiro atoms. The van der Waals surface area contributed by atoms with Gasteiger partial charge in [-0.25, -0.2) is 9.38 Å². The van der Waals surface area contributed by atoms with Crippen molar-refractivity contribution in [3.8, 4) is 0 Å². The molecule has 0 radical (unpaired) electrons. The van der Waals surface area contributed by atoms with Crippen LogP contribution in [-0.4, -0.2) is 24.2 Å². The fourth-order valence-electron chi connectivity index (χ4n) is 2.24. The normalized spacial score (nSPS) is 13.7. The van der Waals surface area contributed by atoms with E-state index in [4.69, 9.17) is 4.42 Å². The smallest absolute Gasteiger partial charge is 0.191 e. The number of aliphatic hydroxyl groups is 1. The summed E-state index contributed by atoms with van der Waals surface area (Å²) in [6, 6.07) is 8.06. The Bertz CT molecular complexity index is 750. The third kappa shape index (κ3) is 6.55. The van der Waals surface area contributed by atoms with Gasteiger partial charge in [-0.15, -0.1) is 24.0 Å². The number of nitrogens with one attached hydrogen (secondary N) is 2. The van der Waals surface area contributed by atoms with Gasteiger partial charge in [0.1, 0.15) is 22.9 Å². The topological polar surface area (TPSA) is 69.8 Å². The summed E-state index contributed by atoms with van der Waals surface area (Å²) in [6.45, 7) is 6.63. The lowest BCUT2D eigenvalue weighted by molar-refractivity contribution is 0.0378. The Hall–Kier alpha value is -1.13. The van der Waals surface area contributed by atoms with Crippen molar-refractivity contribution >= 4 is 45.9 Å². The number of benzene rings is 1. The summed E-state index contributed by atoms with van der Waals surface area (Å²) >= 11 is 3.39. The van der Waals surface area contributed by atoms with Crippen LogP contribution >= 0.6 is 39.9 Å². The van der Waals surface area contributed by atoms with Crippen molar-refractivity contribution in [3.05, 3.63) is 57.7 Å². The number of aryl methyl sites for hydroxylation is 1. The summed E-state index contributed by atoms with van der Waals surface area (Å²) in [7, 11) is 0. The van der Waals surface area contributed by atoms with E-state index in [1.165, 1.54) is 12.1 Å². The van der Waals surface area contributed by atoms with Gasteiger partial charge in [0, 0.05) is 11.0 Å². The van der Waals surface area contributed by atoms with Crippen molar-refractivity contribution < 1.29 is 13.9 Å². The second kappa shape index (κ2) is 10.3. The first-order valence-electron chi connectivity index (χ1n) is 8.07. The first kappa shape index (κ1) is 22.9. The van der Waals surface area contributed by atoms with E-state index in [1.807, 2.05) is 19.9 Å². The van der Waals surface area contributed by atoms with Gasteiger partial charge in [0.25, 0.3) is 0 Å². The Balaban J connectivity index is 0.00000338. The lowest BCUT2D eigenvalue weighted by Crippen LogP contribution is -2.44. The number of hydrogen-bond acceptors (Lipinski definition) is 3. The third-order valence-electron chi connectivity index (χ3n) is 3.63. The third-order valence-corrected chi connectivity index (χ3v) is 4.40. The van der Waals surface area contributed by atoms with Crippen molar-refractivity contribution in [1.29, 1.82) is 0 Å². The van der Waals surface area contributed by atoms with Gasteiger partial charge in [-0.3, -0.25) is 0 Å². The summed E-state index contributed by atoms with van der Waals surface area (Å²) < 4.78 is 19.7. The van der Waals surface area contributed by atoms with Crippen LogP contribution in [0.2, 0.25) is 0 Å². The van der Waals surface area contributed by atoms with Crippen LogP contribution in [0, 0.1) is 12.7 Å². The lowest BCUT2D eigenvalue weighted by Gasteiger charge is -2.22. The average molecular weight is 540 g/mol. The zero-order valence-corrected chi connectivity index (χ0v) is 18.9. The summed E-state index contributed by atoms with van der Waals surface area (Å²) in [5.74, 6) is 1.46. The quantitative estimate of drug-likeness (QED) is 0.294. The van der Waals surface area contributed by atoms with Gasteiger partial charge >= 0.3 is 0 Å². The molecule has 0 aliphatic rings. The molecule has 3 N–H and O–H groups in total. The number of rotatable bonds is 6. The van der Waals surface area contributed by atoms with E-state index in [1.54, 1.807) is 19.1 Å². The van der Waals surface area contributed by atoms with Crippen molar-refractivity contribution in [1.82, 2.24) is 10.6 Å².